The van der Waals surface area contributed by atoms with E-state index in [1.807, 2.05) is 12.3 Å². The van der Waals surface area contributed by atoms with Crippen LogP contribution in [0.15, 0.2) is 60.4 Å². The van der Waals surface area contributed by atoms with Gasteiger partial charge in [0.2, 0.25) is 0 Å². The molecule has 0 unspecified atom stereocenters. The van der Waals surface area contributed by atoms with Crippen molar-refractivity contribution >= 4 is 33.2 Å². The molecule has 0 saturated carbocycles. The van der Waals surface area contributed by atoms with Gasteiger partial charge in [-0.2, -0.15) is 0 Å². The second-order valence-electron chi connectivity index (χ2n) is 6.99. The van der Waals surface area contributed by atoms with Gasteiger partial charge in [0.25, 0.3) is 0 Å². The largest absolute Gasteiger partial charge is 0.365 e. The van der Waals surface area contributed by atoms with Gasteiger partial charge in [-0.15, -0.1) is 11.3 Å². The first-order chi connectivity index (χ1) is 13.9. The second kappa shape index (κ2) is 7.56. The average Bonchev–Trinajstić information content (AvgIpc) is 3.43. The van der Waals surface area contributed by atoms with Gasteiger partial charge in [-0.3, -0.25) is 0 Å². The number of anilines is 2. The fourth-order valence-electron chi connectivity index (χ4n) is 3.71. The number of fused-ring (bicyclic) bond motifs is 1. The Hall–Kier alpha value is -2.99. The van der Waals surface area contributed by atoms with Crippen molar-refractivity contribution < 1.29 is 0 Å². The third-order valence-electron chi connectivity index (χ3n) is 5.15. The van der Waals surface area contributed by atoms with Gasteiger partial charge in [0.05, 0.1) is 5.39 Å². The van der Waals surface area contributed by atoms with E-state index in [1.165, 1.54) is 29.5 Å². The zero-order valence-corrected chi connectivity index (χ0v) is 16.3. The van der Waals surface area contributed by atoms with Crippen LogP contribution in [0.2, 0.25) is 0 Å². The molecular weight excluding hydrogens is 366 g/mol. The molecule has 28 heavy (non-hydrogen) atoms. The molecule has 0 aliphatic carbocycles. The standard InChI is InChI=1S/C22H21N5S/c1-2-6-17(7-3-1)18-14-28-22-20(18)21(25-15-26-22)24-13-16-8-9-23-19(12-16)27-10-4-5-11-27/h1-3,6-9,12,14-15H,4-5,10-11,13H2,(H,24,25,26). The summed E-state index contributed by atoms with van der Waals surface area (Å²) in [6.07, 6.45) is 6.05. The maximum Gasteiger partial charge on any atom is 0.139 e. The number of aromatic nitrogens is 3. The van der Waals surface area contributed by atoms with Crippen molar-refractivity contribution in [3.63, 3.8) is 0 Å². The minimum absolute atomic E-state index is 0.708. The van der Waals surface area contributed by atoms with Gasteiger partial charge < -0.3 is 10.2 Å². The van der Waals surface area contributed by atoms with Crippen LogP contribution < -0.4 is 10.2 Å². The molecule has 1 fully saturated rings. The third kappa shape index (κ3) is 3.31. The molecule has 140 valence electrons. The topological polar surface area (TPSA) is 53.9 Å². The first-order valence-electron chi connectivity index (χ1n) is 9.60. The summed E-state index contributed by atoms with van der Waals surface area (Å²) >= 11 is 1.66. The molecule has 1 aliphatic rings. The number of hydrogen-bond donors (Lipinski definition) is 1. The van der Waals surface area contributed by atoms with E-state index >= 15 is 0 Å². The van der Waals surface area contributed by atoms with Crippen molar-refractivity contribution in [2.75, 3.05) is 23.3 Å². The Morgan fingerprint density at radius 3 is 2.71 bits per heavy atom. The molecule has 0 atom stereocenters. The van der Waals surface area contributed by atoms with Gasteiger partial charge in [0.15, 0.2) is 0 Å². The quantitative estimate of drug-likeness (QED) is 0.524. The van der Waals surface area contributed by atoms with Gasteiger partial charge >= 0.3 is 0 Å². The smallest absolute Gasteiger partial charge is 0.139 e. The number of thiophene rings is 1. The third-order valence-corrected chi connectivity index (χ3v) is 6.04. The number of pyridine rings is 1. The lowest BCUT2D eigenvalue weighted by atomic mass is 10.1. The zero-order chi connectivity index (χ0) is 18.8. The Morgan fingerprint density at radius 1 is 1.00 bits per heavy atom. The Morgan fingerprint density at radius 2 is 1.86 bits per heavy atom. The number of nitrogens with one attached hydrogen (secondary N) is 1. The molecule has 0 spiro atoms. The van der Waals surface area contributed by atoms with E-state index in [1.54, 1.807) is 17.7 Å². The molecule has 1 aliphatic heterocycles. The maximum atomic E-state index is 4.55. The van der Waals surface area contributed by atoms with Gasteiger partial charge in [-0.1, -0.05) is 30.3 Å². The molecule has 4 heterocycles. The molecule has 0 bridgehead atoms. The maximum absolute atomic E-state index is 4.55. The molecule has 1 N–H and O–H groups in total. The fourth-order valence-corrected chi connectivity index (χ4v) is 4.63. The summed E-state index contributed by atoms with van der Waals surface area (Å²) in [5.74, 6) is 1.95. The van der Waals surface area contributed by atoms with Crippen LogP contribution in [0.3, 0.4) is 0 Å². The van der Waals surface area contributed by atoms with Crippen molar-refractivity contribution in [3.8, 4) is 11.1 Å². The summed E-state index contributed by atoms with van der Waals surface area (Å²) in [7, 11) is 0. The van der Waals surface area contributed by atoms with Crippen LogP contribution in [0.4, 0.5) is 11.6 Å². The SMILES string of the molecule is c1ccc(-c2csc3ncnc(NCc4ccnc(N5CCCC5)c4)c23)cc1. The number of benzene rings is 1. The highest BCUT2D eigenvalue weighted by Crippen LogP contribution is 2.36. The molecule has 4 aromatic rings. The Bertz CT molecular complexity index is 1090. The molecule has 3 aromatic heterocycles. The van der Waals surface area contributed by atoms with E-state index in [9.17, 15) is 0 Å². The van der Waals surface area contributed by atoms with Crippen molar-refractivity contribution in [2.24, 2.45) is 0 Å². The number of rotatable bonds is 5. The van der Waals surface area contributed by atoms with Gasteiger partial charge in [-0.05, 0) is 36.1 Å². The highest BCUT2D eigenvalue weighted by molar-refractivity contribution is 7.17. The van der Waals surface area contributed by atoms with E-state index in [0.29, 0.717) is 6.54 Å². The van der Waals surface area contributed by atoms with Crippen LogP contribution >= 0.6 is 11.3 Å². The zero-order valence-electron chi connectivity index (χ0n) is 15.5. The van der Waals surface area contributed by atoms with Crippen LogP contribution in [-0.4, -0.2) is 28.0 Å². The fraction of sp³-hybridized carbons (Fsp3) is 0.227. The van der Waals surface area contributed by atoms with E-state index in [0.717, 1.165) is 34.9 Å². The predicted molar refractivity (Wildman–Crippen MR) is 116 cm³/mol. The molecule has 1 aromatic carbocycles. The van der Waals surface area contributed by atoms with Gasteiger partial charge in [0.1, 0.15) is 22.8 Å². The second-order valence-corrected chi connectivity index (χ2v) is 7.85. The lowest BCUT2D eigenvalue weighted by Gasteiger charge is -2.17. The molecule has 0 radical (unpaired) electrons. The summed E-state index contributed by atoms with van der Waals surface area (Å²) < 4.78 is 0. The van der Waals surface area contributed by atoms with Crippen LogP contribution in [0.25, 0.3) is 21.3 Å². The van der Waals surface area contributed by atoms with Gasteiger partial charge in [0, 0.05) is 36.8 Å². The van der Waals surface area contributed by atoms with Crippen molar-refractivity contribution in [1.82, 2.24) is 15.0 Å². The Kier molecular flexibility index (Phi) is 4.62. The van der Waals surface area contributed by atoms with Crippen LogP contribution in [0.5, 0.6) is 0 Å². The van der Waals surface area contributed by atoms with Crippen molar-refractivity contribution in [2.45, 2.75) is 19.4 Å². The molecule has 1 saturated heterocycles. The summed E-state index contributed by atoms with van der Waals surface area (Å²) in [6.45, 7) is 2.91. The van der Waals surface area contributed by atoms with Crippen molar-refractivity contribution in [3.05, 3.63) is 65.9 Å². The summed E-state index contributed by atoms with van der Waals surface area (Å²) in [5.41, 5.74) is 3.57. The lowest BCUT2D eigenvalue weighted by molar-refractivity contribution is 0.931. The van der Waals surface area contributed by atoms with Crippen LogP contribution in [0.1, 0.15) is 18.4 Å². The first-order valence-corrected chi connectivity index (χ1v) is 10.5. The summed E-state index contributed by atoms with van der Waals surface area (Å²) in [5, 5.41) is 6.78. The lowest BCUT2D eigenvalue weighted by Crippen LogP contribution is -2.19. The summed E-state index contributed by atoms with van der Waals surface area (Å²) in [6, 6.07) is 14.7. The highest BCUT2D eigenvalue weighted by Gasteiger charge is 2.15. The molecule has 5 rings (SSSR count). The minimum Gasteiger partial charge on any atom is -0.365 e. The van der Waals surface area contributed by atoms with Gasteiger partial charge in [-0.25, -0.2) is 15.0 Å². The monoisotopic (exact) mass is 387 g/mol. The van der Waals surface area contributed by atoms with E-state index in [2.05, 4.69) is 66.9 Å². The molecule has 5 nitrogen and oxygen atoms in total. The normalized spacial score (nSPS) is 13.9. The number of nitrogens with zero attached hydrogens (tertiary/aromatic N) is 4. The number of hydrogen-bond acceptors (Lipinski definition) is 6. The highest BCUT2D eigenvalue weighted by atomic mass is 32.1. The first kappa shape index (κ1) is 17.1. The predicted octanol–water partition coefficient (Wildman–Crippen LogP) is 4.97. The molecular formula is C22H21N5S. The van der Waals surface area contributed by atoms with E-state index in [-0.39, 0.29) is 0 Å². The molecule has 6 heteroatoms. The van der Waals surface area contributed by atoms with Crippen LogP contribution in [0, 0.1) is 0 Å². The van der Waals surface area contributed by atoms with E-state index in [4.69, 9.17) is 0 Å². The van der Waals surface area contributed by atoms with Crippen molar-refractivity contribution in [1.29, 1.82) is 0 Å². The van der Waals surface area contributed by atoms with Crippen LogP contribution in [-0.2, 0) is 6.54 Å². The Balaban J connectivity index is 1.43. The average molecular weight is 388 g/mol. The van der Waals surface area contributed by atoms with E-state index < -0.39 is 0 Å². The Labute approximate surface area is 168 Å². The molecule has 0 amide bonds. The summed E-state index contributed by atoms with van der Waals surface area (Å²) in [4.78, 5) is 16.9. The minimum atomic E-state index is 0.708.